The Labute approximate surface area is 160 Å². The number of hydrogen-bond acceptors (Lipinski definition) is 5. The highest BCUT2D eigenvalue weighted by atomic mass is 32.2. The van der Waals surface area contributed by atoms with Gasteiger partial charge in [-0.1, -0.05) is 6.92 Å². The number of aryl methyl sites for hydroxylation is 1. The van der Waals surface area contributed by atoms with Crippen LogP contribution in [0.1, 0.15) is 57.1 Å². The fourth-order valence-corrected chi connectivity index (χ4v) is 5.11. The van der Waals surface area contributed by atoms with Gasteiger partial charge in [-0.25, -0.2) is 17.7 Å². The lowest BCUT2D eigenvalue weighted by molar-refractivity contribution is -0.137. The Morgan fingerprint density at radius 1 is 1.22 bits per heavy atom. The Kier molecular flexibility index (Phi) is 6.00. The molecule has 1 unspecified atom stereocenters. The molecule has 0 aliphatic carbocycles. The molecule has 27 heavy (non-hydrogen) atoms. The van der Waals surface area contributed by atoms with Crippen LogP contribution < -0.4 is 5.56 Å². The molecule has 8 nitrogen and oxygen atoms in total. The molecule has 0 bridgehead atoms. The standard InChI is InChI=1S/C18H28N4O4S/c1-3-14-12-16(23)20-17(19-14)15-6-5-9-22(15)18(24)13-7-10-21(11-8-13)27(25,26)4-2/h12-13,15H,3-11H2,1-2H3,(H,19,20,23). The number of nitrogens with one attached hydrogen (secondary N) is 1. The van der Waals surface area contributed by atoms with Gasteiger partial charge in [-0.2, -0.15) is 0 Å². The largest absolute Gasteiger partial charge is 0.332 e. The molecule has 1 atom stereocenters. The lowest BCUT2D eigenvalue weighted by atomic mass is 9.96. The van der Waals surface area contributed by atoms with Crippen molar-refractivity contribution in [2.45, 2.75) is 52.0 Å². The monoisotopic (exact) mass is 396 g/mol. The van der Waals surface area contributed by atoms with Gasteiger partial charge in [0.1, 0.15) is 5.82 Å². The number of likely N-dealkylation sites (tertiary alicyclic amines) is 1. The molecule has 2 saturated heterocycles. The first-order valence-electron chi connectivity index (χ1n) is 9.74. The number of aromatic amines is 1. The van der Waals surface area contributed by atoms with E-state index < -0.39 is 10.0 Å². The summed E-state index contributed by atoms with van der Waals surface area (Å²) in [4.78, 5) is 34.1. The summed E-state index contributed by atoms with van der Waals surface area (Å²) in [6.45, 7) is 5.02. The van der Waals surface area contributed by atoms with E-state index in [1.807, 2.05) is 11.8 Å². The van der Waals surface area contributed by atoms with Crippen LogP contribution in [0.25, 0.3) is 0 Å². The van der Waals surface area contributed by atoms with Gasteiger partial charge in [0, 0.05) is 37.3 Å². The van der Waals surface area contributed by atoms with Gasteiger partial charge >= 0.3 is 0 Å². The molecule has 3 rings (SSSR count). The predicted octanol–water partition coefficient (Wildman–Crippen LogP) is 1.06. The van der Waals surface area contributed by atoms with Gasteiger partial charge in [0.2, 0.25) is 15.9 Å². The molecule has 2 aliphatic rings. The van der Waals surface area contributed by atoms with Gasteiger partial charge in [-0.05, 0) is 39.0 Å². The second kappa shape index (κ2) is 8.10. The molecule has 1 amide bonds. The number of carbonyl (C=O) groups excluding carboxylic acids is 1. The van der Waals surface area contributed by atoms with Crippen LogP contribution in [-0.2, 0) is 21.2 Å². The third kappa shape index (κ3) is 4.24. The molecule has 1 aromatic heterocycles. The number of sulfonamides is 1. The lowest BCUT2D eigenvalue weighted by Gasteiger charge is -2.34. The normalized spacial score (nSPS) is 22.3. The van der Waals surface area contributed by atoms with Crippen LogP contribution in [-0.4, -0.2) is 58.9 Å². The van der Waals surface area contributed by atoms with Crippen LogP contribution >= 0.6 is 0 Å². The summed E-state index contributed by atoms with van der Waals surface area (Å²) in [5.41, 5.74) is 0.542. The molecule has 0 aromatic carbocycles. The minimum Gasteiger partial charge on any atom is -0.332 e. The summed E-state index contributed by atoms with van der Waals surface area (Å²) in [6.07, 6.45) is 3.41. The summed E-state index contributed by atoms with van der Waals surface area (Å²) in [5, 5.41) is 0. The fraction of sp³-hybridized carbons (Fsp3) is 0.722. The third-order valence-corrected chi connectivity index (χ3v) is 7.47. The van der Waals surface area contributed by atoms with Crippen molar-refractivity contribution in [3.8, 4) is 0 Å². The van der Waals surface area contributed by atoms with E-state index >= 15 is 0 Å². The molecule has 2 aliphatic heterocycles. The Morgan fingerprint density at radius 3 is 2.56 bits per heavy atom. The van der Waals surface area contributed by atoms with Gasteiger partial charge in [-0.15, -0.1) is 0 Å². The first-order chi connectivity index (χ1) is 12.9. The lowest BCUT2D eigenvalue weighted by Crippen LogP contribution is -2.44. The average Bonchev–Trinajstić information content (AvgIpc) is 3.16. The van der Waals surface area contributed by atoms with Crippen molar-refractivity contribution < 1.29 is 13.2 Å². The summed E-state index contributed by atoms with van der Waals surface area (Å²) >= 11 is 0. The Hall–Kier alpha value is -1.74. The number of aromatic nitrogens is 2. The molecular weight excluding hydrogens is 368 g/mol. The van der Waals surface area contributed by atoms with Crippen LogP contribution in [0.4, 0.5) is 0 Å². The van der Waals surface area contributed by atoms with E-state index in [1.165, 1.54) is 10.4 Å². The molecule has 150 valence electrons. The zero-order valence-electron chi connectivity index (χ0n) is 16.0. The van der Waals surface area contributed by atoms with E-state index in [0.717, 1.165) is 18.5 Å². The Balaban J connectivity index is 1.72. The molecular formula is C18H28N4O4S. The predicted molar refractivity (Wildman–Crippen MR) is 102 cm³/mol. The van der Waals surface area contributed by atoms with Crippen LogP contribution in [0.15, 0.2) is 10.9 Å². The van der Waals surface area contributed by atoms with E-state index in [1.54, 1.807) is 6.92 Å². The van der Waals surface area contributed by atoms with Gasteiger partial charge < -0.3 is 9.88 Å². The third-order valence-electron chi connectivity index (χ3n) is 5.59. The maximum absolute atomic E-state index is 13.1. The molecule has 0 saturated carbocycles. The zero-order chi connectivity index (χ0) is 19.6. The van der Waals surface area contributed by atoms with Gasteiger partial charge in [0.15, 0.2) is 0 Å². The maximum Gasteiger partial charge on any atom is 0.251 e. The van der Waals surface area contributed by atoms with Crippen molar-refractivity contribution in [3.63, 3.8) is 0 Å². The summed E-state index contributed by atoms with van der Waals surface area (Å²) in [6, 6.07) is 1.29. The second-order valence-electron chi connectivity index (χ2n) is 7.24. The second-order valence-corrected chi connectivity index (χ2v) is 9.50. The van der Waals surface area contributed by atoms with Gasteiger partial charge in [-0.3, -0.25) is 9.59 Å². The van der Waals surface area contributed by atoms with E-state index in [2.05, 4.69) is 9.97 Å². The number of piperidine rings is 1. The summed E-state index contributed by atoms with van der Waals surface area (Å²) in [5.74, 6) is 0.536. The van der Waals surface area contributed by atoms with Crippen molar-refractivity contribution in [1.29, 1.82) is 0 Å². The number of carbonyl (C=O) groups is 1. The van der Waals surface area contributed by atoms with Crippen LogP contribution in [0.5, 0.6) is 0 Å². The Morgan fingerprint density at radius 2 is 1.93 bits per heavy atom. The zero-order valence-corrected chi connectivity index (χ0v) is 16.8. The van der Waals surface area contributed by atoms with Gasteiger partial charge in [0.25, 0.3) is 5.56 Å². The van der Waals surface area contributed by atoms with Crippen LogP contribution in [0.3, 0.4) is 0 Å². The topological polar surface area (TPSA) is 103 Å². The van der Waals surface area contributed by atoms with E-state index in [0.29, 0.717) is 44.7 Å². The molecule has 1 N–H and O–H groups in total. The SMILES string of the molecule is CCc1cc(=O)[nH]c(C2CCCN2C(=O)C2CCN(S(=O)(=O)CC)CC2)n1. The molecule has 0 radical (unpaired) electrons. The van der Waals surface area contributed by atoms with Crippen LogP contribution in [0, 0.1) is 5.92 Å². The number of nitrogens with zero attached hydrogens (tertiary/aromatic N) is 3. The minimum absolute atomic E-state index is 0.0515. The molecule has 1 aromatic rings. The maximum atomic E-state index is 13.1. The number of amides is 1. The van der Waals surface area contributed by atoms with Gasteiger partial charge in [0.05, 0.1) is 11.8 Å². The van der Waals surface area contributed by atoms with Crippen molar-refractivity contribution >= 4 is 15.9 Å². The number of H-pyrrole nitrogens is 1. The van der Waals surface area contributed by atoms with Crippen molar-refractivity contribution in [2.24, 2.45) is 5.92 Å². The van der Waals surface area contributed by atoms with Crippen LogP contribution in [0.2, 0.25) is 0 Å². The highest BCUT2D eigenvalue weighted by Gasteiger charge is 2.37. The fourth-order valence-electron chi connectivity index (χ4n) is 3.98. The number of hydrogen-bond donors (Lipinski definition) is 1. The summed E-state index contributed by atoms with van der Waals surface area (Å²) < 4.78 is 25.5. The quantitative estimate of drug-likeness (QED) is 0.801. The Bertz CT molecular complexity index is 843. The molecule has 3 heterocycles. The number of rotatable bonds is 5. The van der Waals surface area contributed by atoms with Crippen molar-refractivity contribution in [1.82, 2.24) is 19.2 Å². The first kappa shape index (κ1) is 20.0. The summed E-state index contributed by atoms with van der Waals surface area (Å²) in [7, 11) is -3.20. The first-order valence-corrected chi connectivity index (χ1v) is 11.3. The average molecular weight is 397 g/mol. The smallest absolute Gasteiger partial charge is 0.251 e. The highest BCUT2D eigenvalue weighted by molar-refractivity contribution is 7.89. The van der Waals surface area contributed by atoms with Crippen molar-refractivity contribution in [3.05, 3.63) is 27.9 Å². The molecule has 2 fully saturated rings. The van der Waals surface area contributed by atoms with E-state index in [-0.39, 0.29) is 29.2 Å². The van der Waals surface area contributed by atoms with E-state index in [9.17, 15) is 18.0 Å². The molecule has 0 spiro atoms. The van der Waals surface area contributed by atoms with Crippen molar-refractivity contribution in [2.75, 3.05) is 25.4 Å². The molecule has 9 heteroatoms. The van der Waals surface area contributed by atoms with E-state index in [4.69, 9.17) is 0 Å². The highest BCUT2D eigenvalue weighted by Crippen LogP contribution is 2.33. The minimum atomic E-state index is -3.20.